The van der Waals surface area contributed by atoms with Gasteiger partial charge in [-0.3, -0.25) is 4.99 Å². The molecule has 0 saturated carbocycles. The van der Waals surface area contributed by atoms with Crippen LogP contribution in [0, 0.1) is 5.92 Å². The standard InChI is InChI=1S/C23H36N6.HI/c1-19(2)17-29-15-12-25-22(29)16-26-23(24-3)27(4)18-20-8-10-21(11-9-20)28-13-6-5-7-14-28;/h8-12,15,19H,5-7,13-14,16-18H2,1-4H3,(H,24,26);1H. The molecule has 2 aromatic rings. The second kappa shape index (κ2) is 12.2. The van der Waals surface area contributed by atoms with Crippen molar-refractivity contribution in [2.24, 2.45) is 10.9 Å². The van der Waals surface area contributed by atoms with E-state index >= 15 is 0 Å². The van der Waals surface area contributed by atoms with Crippen molar-refractivity contribution in [3.8, 4) is 0 Å². The van der Waals surface area contributed by atoms with Gasteiger partial charge in [-0.2, -0.15) is 0 Å². The van der Waals surface area contributed by atoms with Gasteiger partial charge >= 0.3 is 0 Å². The molecule has 0 unspecified atom stereocenters. The predicted molar refractivity (Wildman–Crippen MR) is 137 cm³/mol. The van der Waals surface area contributed by atoms with Gasteiger partial charge in [-0.25, -0.2) is 4.98 Å². The average molecular weight is 524 g/mol. The Morgan fingerprint density at radius 2 is 1.87 bits per heavy atom. The monoisotopic (exact) mass is 524 g/mol. The minimum atomic E-state index is 0. The topological polar surface area (TPSA) is 48.7 Å². The second-order valence-electron chi connectivity index (χ2n) is 8.36. The quantitative estimate of drug-likeness (QED) is 0.333. The Morgan fingerprint density at radius 3 is 2.50 bits per heavy atom. The molecule has 1 aromatic carbocycles. The number of aromatic nitrogens is 2. The average Bonchev–Trinajstić information content (AvgIpc) is 3.16. The summed E-state index contributed by atoms with van der Waals surface area (Å²) < 4.78 is 2.21. The zero-order valence-electron chi connectivity index (χ0n) is 18.8. The molecule has 1 aliphatic rings. The number of hydrogen-bond donors (Lipinski definition) is 1. The largest absolute Gasteiger partial charge is 0.372 e. The van der Waals surface area contributed by atoms with E-state index in [9.17, 15) is 0 Å². The Morgan fingerprint density at radius 1 is 1.17 bits per heavy atom. The van der Waals surface area contributed by atoms with Gasteiger partial charge in [0.25, 0.3) is 0 Å². The number of nitrogens with zero attached hydrogens (tertiary/aromatic N) is 5. The van der Waals surface area contributed by atoms with Gasteiger partial charge in [0.15, 0.2) is 5.96 Å². The SMILES string of the molecule is CN=C(NCc1nccn1CC(C)C)N(C)Cc1ccc(N2CCCCC2)cc1.I. The molecule has 7 heteroatoms. The fraction of sp³-hybridized carbons (Fsp3) is 0.565. The third-order valence-corrected chi connectivity index (χ3v) is 5.42. The highest BCUT2D eigenvalue weighted by atomic mass is 127. The molecule has 0 radical (unpaired) electrons. The van der Waals surface area contributed by atoms with Crippen LogP contribution in [0.3, 0.4) is 0 Å². The van der Waals surface area contributed by atoms with Gasteiger partial charge in [0.2, 0.25) is 0 Å². The summed E-state index contributed by atoms with van der Waals surface area (Å²) in [5.74, 6) is 2.51. The summed E-state index contributed by atoms with van der Waals surface area (Å²) in [5.41, 5.74) is 2.63. The Balaban J connectivity index is 0.00000320. The fourth-order valence-electron chi connectivity index (χ4n) is 3.92. The molecular weight excluding hydrogens is 487 g/mol. The summed E-state index contributed by atoms with van der Waals surface area (Å²) in [6.07, 6.45) is 7.90. The molecule has 0 bridgehead atoms. The lowest BCUT2D eigenvalue weighted by atomic mass is 10.1. The normalized spacial score (nSPS) is 14.6. The maximum absolute atomic E-state index is 4.50. The van der Waals surface area contributed by atoms with Crippen LogP contribution in [-0.2, 0) is 19.6 Å². The molecule has 1 saturated heterocycles. The first-order chi connectivity index (χ1) is 14.1. The predicted octanol–water partition coefficient (Wildman–Crippen LogP) is 4.35. The highest BCUT2D eigenvalue weighted by Crippen LogP contribution is 2.20. The van der Waals surface area contributed by atoms with Crippen molar-refractivity contribution in [1.29, 1.82) is 0 Å². The van der Waals surface area contributed by atoms with Crippen LogP contribution in [-0.4, -0.2) is 47.6 Å². The lowest BCUT2D eigenvalue weighted by molar-refractivity contribution is 0.468. The Bertz CT molecular complexity index is 777. The zero-order valence-corrected chi connectivity index (χ0v) is 21.2. The zero-order chi connectivity index (χ0) is 20.6. The number of guanidine groups is 1. The molecule has 1 aliphatic heterocycles. The Kier molecular flexibility index (Phi) is 9.94. The summed E-state index contributed by atoms with van der Waals surface area (Å²) >= 11 is 0. The van der Waals surface area contributed by atoms with Crippen molar-refractivity contribution in [1.82, 2.24) is 19.8 Å². The van der Waals surface area contributed by atoms with E-state index in [0.717, 1.165) is 24.9 Å². The third-order valence-electron chi connectivity index (χ3n) is 5.42. The summed E-state index contributed by atoms with van der Waals surface area (Å²) in [5, 5.41) is 3.45. The van der Waals surface area contributed by atoms with Crippen molar-refractivity contribution in [2.75, 3.05) is 32.1 Å². The van der Waals surface area contributed by atoms with Gasteiger partial charge in [-0.15, -0.1) is 24.0 Å². The molecule has 166 valence electrons. The molecule has 0 spiro atoms. The van der Waals surface area contributed by atoms with Crippen molar-refractivity contribution >= 4 is 35.6 Å². The summed E-state index contributed by atoms with van der Waals surface area (Å²) in [6, 6.07) is 8.99. The van der Waals surface area contributed by atoms with E-state index in [-0.39, 0.29) is 24.0 Å². The van der Waals surface area contributed by atoms with Crippen molar-refractivity contribution in [2.45, 2.75) is 52.7 Å². The number of nitrogens with one attached hydrogen (secondary N) is 1. The van der Waals surface area contributed by atoms with Crippen molar-refractivity contribution < 1.29 is 0 Å². The van der Waals surface area contributed by atoms with Crippen LogP contribution in [0.5, 0.6) is 0 Å². The number of anilines is 1. The molecule has 30 heavy (non-hydrogen) atoms. The van der Waals surface area contributed by atoms with Crippen LogP contribution in [0.1, 0.15) is 44.5 Å². The van der Waals surface area contributed by atoms with Gasteiger partial charge in [0, 0.05) is 58.4 Å². The molecule has 6 nitrogen and oxygen atoms in total. The number of halogens is 1. The van der Waals surface area contributed by atoms with Gasteiger partial charge in [0.05, 0.1) is 6.54 Å². The van der Waals surface area contributed by atoms with Crippen LogP contribution in [0.15, 0.2) is 41.7 Å². The molecule has 0 aliphatic carbocycles. The molecule has 0 amide bonds. The van der Waals surface area contributed by atoms with Crippen LogP contribution in [0.4, 0.5) is 5.69 Å². The van der Waals surface area contributed by atoms with Gasteiger partial charge in [-0.05, 0) is 42.9 Å². The number of benzene rings is 1. The maximum Gasteiger partial charge on any atom is 0.194 e. The first-order valence-corrected chi connectivity index (χ1v) is 10.8. The lowest BCUT2D eigenvalue weighted by Crippen LogP contribution is -2.38. The Hall–Kier alpha value is -1.77. The van der Waals surface area contributed by atoms with Crippen LogP contribution < -0.4 is 10.2 Å². The minimum Gasteiger partial charge on any atom is -0.372 e. The van der Waals surface area contributed by atoms with Gasteiger partial charge in [-0.1, -0.05) is 26.0 Å². The van der Waals surface area contributed by atoms with E-state index in [1.165, 1.54) is 43.6 Å². The molecule has 1 N–H and O–H groups in total. The van der Waals surface area contributed by atoms with E-state index in [1.54, 1.807) is 0 Å². The van der Waals surface area contributed by atoms with E-state index < -0.39 is 0 Å². The Labute approximate surface area is 198 Å². The van der Waals surface area contributed by atoms with E-state index in [1.807, 2.05) is 19.4 Å². The number of rotatable bonds is 7. The van der Waals surface area contributed by atoms with Gasteiger partial charge < -0.3 is 19.7 Å². The molecule has 0 atom stereocenters. The van der Waals surface area contributed by atoms with Crippen molar-refractivity contribution in [3.05, 3.63) is 48.0 Å². The number of imidazole rings is 1. The summed E-state index contributed by atoms with van der Waals surface area (Å²) in [7, 11) is 3.91. The lowest BCUT2D eigenvalue weighted by Gasteiger charge is -2.29. The fourth-order valence-corrected chi connectivity index (χ4v) is 3.92. The van der Waals surface area contributed by atoms with Crippen molar-refractivity contribution in [3.63, 3.8) is 0 Å². The molecule has 1 fully saturated rings. The minimum absolute atomic E-state index is 0. The van der Waals surface area contributed by atoms with Crippen LogP contribution >= 0.6 is 24.0 Å². The molecule has 1 aromatic heterocycles. The second-order valence-corrected chi connectivity index (χ2v) is 8.36. The summed E-state index contributed by atoms with van der Waals surface area (Å²) in [4.78, 5) is 13.6. The molecular formula is C23H37IN6. The van der Waals surface area contributed by atoms with E-state index in [4.69, 9.17) is 0 Å². The van der Waals surface area contributed by atoms with E-state index in [0.29, 0.717) is 12.5 Å². The summed E-state index contributed by atoms with van der Waals surface area (Å²) in [6.45, 7) is 9.28. The first-order valence-electron chi connectivity index (χ1n) is 10.8. The first kappa shape index (κ1) is 24.5. The highest BCUT2D eigenvalue weighted by Gasteiger charge is 2.12. The number of hydrogen-bond acceptors (Lipinski definition) is 3. The van der Waals surface area contributed by atoms with Gasteiger partial charge in [0.1, 0.15) is 5.82 Å². The molecule has 2 heterocycles. The smallest absolute Gasteiger partial charge is 0.194 e. The maximum atomic E-state index is 4.50. The molecule has 3 rings (SSSR count). The van der Waals surface area contributed by atoms with E-state index in [2.05, 4.69) is 74.8 Å². The highest BCUT2D eigenvalue weighted by molar-refractivity contribution is 14.0. The number of aliphatic imine (C=N–C) groups is 1. The van der Waals surface area contributed by atoms with Crippen LogP contribution in [0.25, 0.3) is 0 Å². The number of piperidine rings is 1. The third kappa shape index (κ3) is 6.89. The van der Waals surface area contributed by atoms with Crippen LogP contribution in [0.2, 0.25) is 0 Å².